The first-order chi connectivity index (χ1) is 17.8. The Morgan fingerprint density at radius 2 is 1.95 bits per heavy atom. The second-order valence-corrected chi connectivity index (χ2v) is 9.18. The van der Waals surface area contributed by atoms with Crippen molar-refractivity contribution in [1.82, 2.24) is 25.1 Å². The second-order valence-electron chi connectivity index (χ2n) is 9.18. The smallest absolute Gasteiger partial charge is 0.433 e. The van der Waals surface area contributed by atoms with Crippen LogP contribution in [0.5, 0.6) is 11.8 Å². The molecule has 1 amide bonds. The number of halogens is 3. The number of nitrogens with zero attached hydrogens (tertiary/aromatic N) is 5. The molecule has 1 atom stereocenters. The number of hydrogen-bond acceptors (Lipinski definition) is 7. The fourth-order valence-corrected chi connectivity index (χ4v) is 4.91. The topological polar surface area (TPSA) is 94.4 Å². The van der Waals surface area contributed by atoms with Crippen molar-refractivity contribution in [1.29, 1.82) is 0 Å². The Morgan fingerprint density at radius 1 is 1.16 bits per heavy atom. The highest BCUT2D eigenvalue weighted by Gasteiger charge is 2.35. The Kier molecular flexibility index (Phi) is 6.76. The highest BCUT2D eigenvalue weighted by molar-refractivity contribution is 5.92. The molecular formula is C25H27F3N6O3. The zero-order valence-electron chi connectivity index (χ0n) is 20.5. The molecule has 1 fully saturated rings. The molecule has 0 aliphatic carbocycles. The number of fused-ring (bicyclic) bond motifs is 1. The number of nitrogens with one attached hydrogen (secondary N) is 1. The monoisotopic (exact) mass is 516 g/mol. The van der Waals surface area contributed by atoms with Gasteiger partial charge in [-0.1, -0.05) is 0 Å². The highest BCUT2D eigenvalue weighted by atomic mass is 19.4. The first kappa shape index (κ1) is 25.0. The van der Waals surface area contributed by atoms with Crippen LogP contribution in [0.3, 0.4) is 0 Å². The van der Waals surface area contributed by atoms with Gasteiger partial charge in [0.05, 0.1) is 25.0 Å². The normalized spacial score (nSPS) is 18.4. The Hall–Kier alpha value is -3.67. The van der Waals surface area contributed by atoms with Gasteiger partial charge in [-0.05, 0) is 63.9 Å². The summed E-state index contributed by atoms with van der Waals surface area (Å²) in [5.74, 6) is 0.294. The Bertz CT molecular complexity index is 1290. The van der Waals surface area contributed by atoms with Crippen LogP contribution in [0.2, 0.25) is 0 Å². The number of ether oxygens (including phenoxy) is 2. The summed E-state index contributed by atoms with van der Waals surface area (Å²) in [5.41, 5.74) is 1.50. The van der Waals surface area contributed by atoms with Gasteiger partial charge in [-0.25, -0.2) is 9.78 Å². The van der Waals surface area contributed by atoms with Crippen molar-refractivity contribution in [3.8, 4) is 22.9 Å². The zero-order chi connectivity index (χ0) is 26.2. The lowest BCUT2D eigenvalue weighted by Crippen LogP contribution is -2.42. The number of hydrogen-bond donors (Lipinski definition) is 1. The molecule has 37 heavy (non-hydrogen) atoms. The van der Waals surface area contributed by atoms with Crippen molar-refractivity contribution in [3.63, 3.8) is 0 Å². The minimum atomic E-state index is -4.65. The van der Waals surface area contributed by atoms with E-state index in [1.54, 1.807) is 18.3 Å². The average Bonchev–Trinajstić information content (AvgIpc) is 3.39. The van der Waals surface area contributed by atoms with Crippen molar-refractivity contribution in [2.75, 3.05) is 25.1 Å². The Labute approximate surface area is 211 Å². The van der Waals surface area contributed by atoms with E-state index < -0.39 is 24.0 Å². The van der Waals surface area contributed by atoms with E-state index in [4.69, 9.17) is 9.47 Å². The van der Waals surface area contributed by atoms with Gasteiger partial charge in [0, 0.05) is 35.1 Å². The van der Waals surface area contributed by atoms with E-state index in [0.29, 0.717) is 35.4 Å². The van der Waals surface area contributed by atoms with Crippen LogP contribution in [0.15, 0.2) is 36.8 Å². The van der Waals surface area contributed by atoms with E-state index in [1.807, 2.05) is 17.8 Å². The predicted molar refractivity (Wildman–Crippen MR) is 129 cm³/mol. The minimum absolute atomic E-state index is 0.133. The minimum Gasteiger partial charge on any atom is -0.452 e. The largest absolute Gasteiger partial charge is 0.452 e. The van der Waals surface area contributed by atoms with Gasteiger partial charge in [-0.2, -0.15) is 23.3 Å². The fraction of sp³-hybridized carbons (Fsp3) is 0.440. The molecule has 12 heteroatoms. The van der Waals surface area contributed by atoms with Gasteiger partial charge in [-0.3, -0.25) is 9.58 Å². The molecule has 9 nitrogen and oxygen atoms in total. The van der Waals surface area contributed by atoms with Crippen LogP contribution < -0.4 is 15.0 Å². The number of benzene rings is 1. The number of piperidine rings is 1. The number of anilines is 1. The molecule has 0 bridgehead atoms. The van der Waals surface area contributed by atoms with Crippen molar-refractivity contribution in [2.45, 2.75) is 50.9 Å². The lowest BCUT2D eigenvalue weighted by molar-refractivity contribution is -0.141. The molecule has 2 aromatic heterocycles. The molecule has 2 aliphatic rings. The van der Waals surface area contributed by atoms with Crippen LogP contribution >= 0.6 is 0 Å². The maximum absolute atomic E-state index is 13.3. The van der Waals surface area contributed by atoms with Crippen molar-refractivity contribution in [2.24, 2.45) is 0 Å². The van der Waals surface area contributed by atoms with Crippen LogP contribution in [0.4, 0.5) is 23.7 Å². The van der Waals surface area contributed by atoms with Gasteiger partial charge in [0.1, 0.15) is 5.75 Å². The summed E-state index contributed by atoms with van der Waals surface area (Å²) in [4.78, 5) is 21.6. The van der Waals surface area contributed by atoms with Gasteiger partial charge in [0.2, 0.25) is 0 Å². The standard InChI is InChI=1S/C25H27F3N6O3/c1-15-3-4-19-20(34(15)24(35)36-2)6-5-18(16-13-31-33(14-16)17-7-10-29-11-8-17)22(19)37-23-30-12-9-21(32-23)25(26,27)28/h5-6,9,12-15,17,29H,3-4,7-8,10-11H2,1-2H3/t15-/m0/s1. The van der Waals surface area contributed by atoms with Gasteiger partial charge < -0.3 is 14.8 Å². The molecule has 4 heterocycles. The zero-order valence-corrected chi connectivity index (χ0v) is 20.5. The number of rotatable bonds is 4. The highest BCUT2D eigenvalue weighted by Crippen LogP contribution is 2.44. The Morgan fingerprint density at radius 3 is 2.68 bits per heavy atom. The van der Waals surface area contributed by atoms with E-state index in [-0.39, 0.29) is 12.1 Å². The predicted octanol–water partition coefficient (Wildman–Crippen LogP) is 4.98. The summed E-state index contributed by atoms with van der Waals surface area (Å²) in [5, 5.41) is 7.89. The molecule has 2 aliphatic heterocycles. The van der Waals surface area contributed by atoms with Gasteiger partial charge in [0.25, 0.3) is 0 Å². The van der Waals surface area contributed by atoms with Gasteiger partial charge >= 0.3 is 18.3 Å². The third-order valence-corrected chi connectivity index (χ3v) is 6.83. The van der Waals surface area contributed by atoms with E-state index >= 15 is 0 Å². The maximum Gasteiger partial charge on any atom is 0.433 e. The number of methoxy groups -OCH3 is 1. The maximum atomic E-state index is 13.3. The number of alkyl halides is 3. The first-order valence-electron chi connectivity index (χ1n) is 12.1. The van der Waals surface area contributed by atoms with Crippen molar-refractivity contribution >= 4 is 11.8 Å². The van der Waals surface area contributed by atoms with E-state index in [0.717, 1.165) is 43.8 Å². The molecule has 0 unspecified atom stereocenters. The molecule has 3 aromatic rings. The molecular weight excluding hydrogens is 489 g/mol. The average molecular weight is 517 g/mol. The number of aromatic nitrogens is 4. The third-order valence-electron chi connectivity index (χ3n) is 6.83. The van der Waals surface area contributed by atoms with Crippen LogP contribution in [-0.2, 0) is 17.3 Å². The van der Waals surface area contributed by atoms with Gasteiger partial charge in [0.15, 0.2) is 5.69 Å². The number of carbonyl (C=O) groups excluding carboxylic acids is 1. The molecule has 0 radical (unpaired) electrons. The lowest BCUT2D eigenvalue weighted by Gasteiger charge is -2.35. The molecule has 1 aromatic carbocycles. The summed E-state index contributed by atoms with van der Waals surface area (Å²) in [6.07, 6.45) is 2.51. The molecule has 0 spiro atoms. The van der Waals surface area contributed by atoms with Crippen LogP contribution in [0.25, 0.3) is 11.1 Å². The number of amides is 1. The summed E-state index contributed by atoms with van der Waals surface area (Å²) < 4.78 is 52.8. The van der Waals surface area contributed by atoms with Gasteiger partial charge in [-0.15, -0.1) is 0 Å². The van der Waals surface area contributed by atoms with E-state index in [1.165, 1.54) is 12.0 Å². The molecule has 0 saturated carbocycles. The van der Waals surface area contributed by atoms with Crippen LogP contribution in [-0.4, -0.2) is 52.1 Å². The third kappa shape index (κ3) is 4.97. The summed E-state index contributed by atoms with van der Waals surface area (Å²) in [6.45, 7) is 3.72. The molecule has 196 valence electrons. The van der Waals surface area contributed by atoms with Crippen molar-refractivity contribution < 1.29 is 27.4 Å². The van der Waals surface area contributed by atoms with E-state index in [2.05, 4.69) is 20.4 Å². The van der Waals surface area contributed by atoms with Crippen LogP contribution in [0, 0.1) is 0 Å². The lowest BCUT2D eigenvalue weighted by atomic mass is 9.92. The quantitative estimate of drug-likeness (QED) is 0.523. The van der Waals surface area contributed by atoms with Crippen molar-refractivity contribution in [3.05, 3.63) is 48.0 Å². The summed E-state index contributed by atoms with van der Waals surface area (Å²) in [7, 11) is 1.31. The second kappa shape index (κ2) is 10.0. The Balaban J connectivity index is 1.61. The summed E-state index contributed by atoms with van der Waals surface area (Å²) in [6, 6.07) is 4.06. The molecule has 5 rings (SSSR count). The molecule has 1 N–H and O–H groups in total. The SMILES string of the molecule is COC(=O)N1c2ccc(-c3cnn(C4CCNCC4)c3)c(Oc3nccc(C(F)(F)F)n3)c2CC[C@@H]1C. The van der Waals surface area contributed by atoms with Crippen LogP contribution in [0.1, 0.15) is 43.5 Å². The first-order valence-corrected chi connectivity index (χ1v) is 12.1. The summed E-state index contributed by atoms with van der Waals surface area (Å²) >= 11 is 0. The van der Waals surface area contributed by atoms with E-state index in [9.17, 15) is 18.0 Å². The molecule has 1 saturated heterocycles. The fourth-order valence-electron chi connectivity index (χ4n) is 4.91. The number of carbonyl (C=O) groups is 1.